The van der Waals surface area contributed by atoms with Gasteiger partial charge in [0.2, 0.25) is 5.91 Å². The number of nitrogens with one attached hydrogen (secondary N) is 2. The number of amides is 2. The van der Waals surface area contributed by atoms with E-state index in [1.165, 1.54) is 0 Å². The van der Waals surface area contributed by atoms with E-state index in [1.807, 2.05) is 35.2 Å². The van der Waals surface area contributed by atoms with Crippen LogP contribution in [0.3, 0.4) is 0 Å². The molecule has 2 aliphatic heterocycles. The zero-order valence-corrected chi connectivity index (χ0v) is 14.7. The third kappa shape index (κ3) is 4.95. The number of carbonyl (C=O) groups excluding carboxylic acids is 2. The number of hydrogen-bond donors (Lipinski definition) is 2. The Balaban J connectivity index is 0.00000208. The lowest BCUT2D eigenvalue weighted by Gasteiger charge is -2.32. The molecule has 132 valence electrons. The van der Waals surface area contributed by atoms with E-state index in [2.05, 4.69) is 10.6 Å². The number of likely N-dealkylation sites (tertiary alicyclic amines) is 1. The molecule has 2 aliphatic rings. The van der Waals surface area contributed by atoms with Crippen LogP contribution in [-0.4, -0.2) is 48.4 Å². The van der Waals surface area contributed by atoms with Gasteiger partial charge in [-0.2, -0.15) is 0 Å². The SMILES string of the molecule is Cl.O=C(CC1CCCN1)NC1CCN(C(=O)c2ccccc2)CC1. The van der Waals surface area contributed by atoms with E-state index in [0.717, 1.165) is 37.8 Å². The van der Waals surface area contributed by atoms with E-state index < -0.39 is 0 Å². The summed E-state index contributed by atoms with van der Waals surface area (Å²) in [6, 6.07) is 9.93. The Kier molecular flexibility index (Phi) is 7.06. The molecule has 0 bridgehead atoms. The molecular formula is C18H26ClN3O2. The number of nitrogens with zero attached hydrogens (tertiary/aromatic N) is 1. The maximum atomic E-state index is 12.4. The Morgan fingerprint density at radius 3 is 2.46 bits per heavy atom. The summed E-state index contributed by atoms with van der Waals surface area (Å²) in [5.41, 5.74) is 0.738. The summed E-state index contributed by atoms with van der Waals surface area (Å²) in [4.78, 5) is 26.3. The molecule has 1 aromatic carbocycles. The van der Waals surface area contributed by atoms with Crippen LogP contribution < -0.4 is 10.6 Å². The Bertz CT molecular complexity index is 538. The second kappa shape index (κ2) is 9.04. The van der Waals surface area contributed by atoms with Crippen LogP contribution in [0.2, 0.25) is 0 Å². The highest BCUT2D eigenvalue weighted by molar-refractivity contribution is 5.94. The summed E-state index contributed by atoms with van der Waals surface area (Å²) in [5.74, 6) is 0.225. The highest BCUT2D eigenvalue weighted by atomic mass is 35.5. The second-order valence-corrected chi connectivity index (χ2v) is 6.50. The average molecular weight is 352 g/mol. The second-order valence-electron chi connectivity index (χ2n) is 6.50. The summed E-state index contributed by atoms with van der Waals surface area (Å²) >= 11 is 0. The molecule has 0 saturated carbocycles. The molecule has 5 nitrogen and oxygen atoms in total. The average Bonchev–Trinajstić information content (AvgIpc) is 3.08. The molecule has 1 atom stereocenters. The molecule has 0 aromatic heterocycles. The van der Waals surface area contributed by atoms with Gasteiger partial charge in [0, 0.05) is 37.2 Å². The Hall–Kier alpha value is -1.59. The van der Waals surface area contributed by atoms with Crippen LogP contribution in [0.25, 0.3) is 0 Å². The molecule has 0 aliphatic carbocycles. The van der Waals surface area contributed by atoms with Crippen molar-refractivity contribution in [3.05, 3.63) is 35.9 Å². The zero-order chi connectivity index (χ0) is 16.1. The first-order chi connectivity index (χ1) is 11.2. The fourth-order valence-corrected chi connectivity index (χ4v) is 3.43. The van der Waals surface area contributed by atoms with E-state index in [0.29, 0.717) is 25.6 Å². The highest BCUT2D eigenvalue weighted by Gasteiger charge is 2.25. The van der Waals surface area contributed by atoms with Crippen LogP contribution in [0.4, 0.5) is 0 Å². The normalized spacial score (nSPS) is 21.2. The summed E-state index contributed by atoms with van der Waals surface area (Å²) in [7, 11) is 0. The molecule has 2 N–H and O–H groups in total. The molecule has 1 unspecified atom stereocenters. The van der Waals surface area contributed by atoms with E-state index in [1.54, 1.807) is 0 Å². The lowest BCUT2D eigenvalue weighted by Crippen LogP contribution is -2.47. The zero-order valence-electron chi connectivity index (χ0n) is 13.9. The van der Waals surface area contributed by atoms with E-state index in [9.17, 15) is 9.59 Å². The van der Waals surface area contributed by atoms with Crippen molar-refractivity contribution in [2.75, 3.05) is 19.6 Å². The number of rotatable bonds is 4. The van der Waals surface area contributed by atoms with Crippen LogP contribution in [0, 0.1) is 0 Å². The number of benzene rings is 1. The minimum Gasteiger partial charge on any atom is -0.353 e. The van der Waals surface area contributed by atoms with Crippen molar-refractivity contribution in [2.24, 2.45) is 0 Å². The van der Waals surface area contributed by atoms with Crippen molar-refractivity contribution in [2.45, 2.75) is 44.2 Å². The maximum absolute atomic E-state index is 12.4. The first kappa shape index (κ1) is 18.7. The predicted octanol–water partition coefficient (Wildman–Crippen LogP) is 1.97. The first-order valence-corrected chi connectivity index (χ1v) is 8.59. The molecule has 2 saturated heterocycles. The van der Waals surface area contributed by atoms with Gasteiger partial charge in [-0.1, -0.05) is 18.2 Å². The van der Waals surface area contributed by atoms with Crippen molar-refractivity contribution in [3.63, 3.8) is 0 Å². The van der Waals surface area contributed by atoms with Crippen molar-refractivity contribution >= 4 is 24.2 Å². The minimum absolute atomic E-state index is 0. The molecular weight excluding hydrogens is 326 g/mol. The quantitative estimate of drug-likeness (QED) is 0.871. The third-order valence-electron chi connectivity index (χ3n) is 4.76. The fraction of sp³-hybridized carbons (Fsp3) is 0.556. The van der Waals surface area contributed by atoms with E-state index in [-0.39, 0.29) is 30.3 Å². The van der Waals surface area contributed by atoms with Gasteiger partial charge < -0.3 is 15.5 Å². The molecule has 6 heteroatoms. The van der Waals surface area contributed by atoms with Crippen LogP contribution in [0.1, 0.15) is 42.5 Å². The van der Waals surface area contributed by atoms with Gasteiger partial charge in [-0.25, -0.2) is 0 Å². The van der Waals surface area contributed by atoms with Crippen LogP contribution in [-0.2, 0) is 4.79 Å². The monoisotopic (exact) mass is 351 g/mol. The molecule has 0 radical (unpaired) electrons. The molecule has 2 amide bonds. The van der Waals surface area contributed by atoms with Gasteiger partial charge in [0.25, 0.3) is 5.91 Å². The van der Waals surface area contributed by atoms with Crippen LogP contribution in [0.15, 0.2) is 30.3 Å². The predicted molar refractivity (Wildman–Crippen MR) is 96.4 cm³/mol. The van der Waals surface area contributed by atoms with Gasteiger partial charge in [-0.05, 0) is 44.4 Å². The van der Waals surface area contributed by atoms with Crippen molar-refractivity contribution in [1.82, 2.24) is 15.5 Å². The Morgan fingerprint density at radius 2 is 1.83 bits per heavy atom. The summed E-state index contributed by atoms with van der Waals surface area (Å²) in [6.45, 7) is 2.44. The molecule has 2 heterocycles. The van der Waals surface area contributed by atoms with Crippen LogP contribution in [0.5, 0.6) is 0 Å². The lowest BCUT2D eigenvalue weighted by molar-refractivity contribution is -0.122. The summed E-state index contributed by atoms with van der Waals surface area (Å²) < 4.78 is 0. The van der Waals surface area contributed by atoms with Gasteiger partial charge >= 0.3 is 0 Å². The molecule has 0 spiro atoms. The van der Waals surface area contributed by atoms with Crippen molar-refractivity contribution in [1.29, 1.82) is 0 Å². The number of halogens is 1. The first-order valence-electron chi connectivity index (χ1n) is 8.59. The molecule has 24 heavy (non-hydrogen) atoms. The topological polar surface area (TPSA) is 61.4 Å². The van der Waals surface area contributed by atoms with Gasteiger partial charge in [0.1, 0.15) is 0 Å². The molecule has 1 aromatic rings. The molecule has 2 fully saturated rings. The number of hydrogen-bond acceptors (Lipinski definition) is 3. The van der Waals surface area contributed by atoms with Gasteiger partial charge in [-0.3, -0.25) is 9.59 Å². The van der Waals surface area contributed by atoms with Gasteiger partial charge in [0.15, 0.2) is 0 Å². The van der Waals surface area contributed by atoms with Gasteiger partial charge in [0.05, 0.1) is 0 Å². The van der Waals surface area contributed by atoms with E-state index >= 15 is 0 Å². The van der Waals surface area contributed by atoms with Gasteiger partial charge in [-0.15, -0.1) is 12.4 Å². The lowest BCUT2D eigenvalue weighted by atomic mass is 10.0. The number of piperidine rings is 1. The summed E-state index contributed by atoms with van der Waals surface area (Å²) in [5, 5.41) is 6.48. The summed E-state index contributed by atoms with van der Waals surface area (Å²) in [6.07, 6.45) is 4.50. The Labute approximate surface area is 149 Å². The third-order valence-corrected chi connectivity index (χ3v) is 4.76. The standard InChI is InChI=1S/C18H25N3O2.ClH/c22-17(13-16-7-4-10-19-16)20-15-8-11-21(12-9-15)18(23)14-5-2-1-3-6-14;/h1-3,5-6,15-16,19H,4,7-13H2,(H,20,22);1H. The van der Waals surface area contributed by atoms with Crippen molar-refractivity contribution in [3.8, 4) is 0 Å². The van der Waals surface area contributed by atoms with E-state index in [4.69, 9.17) is 0 Å². The fourth-order valence-electron chi connectivity index (χ4n) is 3.43. The maximum Gasteiger partial charge on any atom is 0.253 e. The molecule has 3 rings (SSSR count). The minimum atomic E-state index is 0. The Morgan fingerprint density at radius 1 is 1.12 bits per heavy atom. The highest BCUT2D eigenvalue weighted by Crippen LogP contribution is 2.15. The van der Waals surface area contributed by atoms with Crippen molar-refractivity contribution < 1.29 is 9.59 Å². The number of carbonyl (C=O) groups is 2. The largest absolute Gasteiger partial charge is 0.353 e. The smallest absolute Gasteiger partial charge is 0.253 e. The van der Waals surface area contributed by atoms with Crippen LogP contribution >= 0.6 is 12.4 Å².